The number of benzene rings is 2. The molecule has 0 radical (unpaired) electrons. The molecule has 0 spiro atoms. The molecule has 0 aliphatic rings. The highest BCUT2D eigenvalue weighted by Crippen LogP contribution is 2.27. The molecule has 0 aliphatic heterocycles. The molecule has 0 amide bonds. The van der Waals surface area contributed by atoms with Crippen LogP contribution in [0.3, 0.4) is 0 Å². The van der Waals surface area contributed by atoms with E-state index >= 15 is 0 Å². The third-order valence-corrected chi connectivity index (χ3v) is 3.03. The van der Waals surface area contributed by atoms with Crippen LogP contribution in [0.25, 0.3) is 0 Å². The summed E-state index contributed by atoms with van der Waals surface area (Å²) in [6.07, 6.45) is 0. The van der Waals surface area contributed by atoms with Gasteiger partial charge in [0.25, 0.3) is 5.69 Å². The molecule has 6 heteroatoms. The molecule has 0 atom stereocenters. The van der Waals surface area contributed by atoms with Crippen LogP contribution in [-0.2, 0) is 6.61 Å². The number of nitro benzene ring substituents is 1. The molecule has 2 aromatic carbocycles. The summed E-state index contributed by atoms with van der Waals surface area (Å²) in [5.74, 6) is 0.441. The van der Waals surface area contributed by atoms with Gasteiger partial charge in [-0.15, -0.1) is 0 Å². The first-order chi connectivity index (χ1) is 9.97. The number of hydrogen-bond donors (Lipinski definition) is 1. The van der Waals surface area contributed by atoms with Crippen LogP contribution < -0.4 is 15.4 Å². The number of nitrogens with zero attached hydrogens (tertiary/aromatic N) is 2. The van der Waals surface area contributed by atoms with E-state index in [-0.39, 0.29) is 11.4 Å². The highest BCUT2D eigenvalue weighted by Gasteiger charge is 2.09. The van der Waals surface area contributed by atoms with Crippen LogP contribution in [-0.4, -0.2) is 19.0 Å². The number of anilines is 2. The standard InChI is InChI=1S/C15H17N3O3/c1-17(2)12-5-3-4-11(8-12)10-21-15-7-6-13(18(19)20)9-14(15)16/h3-9H,10,16H2,1-2H3. The first-order valence-electron chi connectivity index (χ1n) is 6.40. The number of ether oxygens (including phenoxy) is 1. The fourth-order valence-corrected chi connectivity index (χ4v) is 1.87. The fourth-order valence-electron chi connectivity index (χ4n) is 1.87. The van der Waals surface area contributed by atoms with Crippen molar-refractivity contribution in [3.8, 4) is 5.75 Å². The quantitative estimate of drug-likeness (QED) is 0.519. The largest absolute Gasteiger partial charge is 0.487 e. The van der Waals surface area contributed by atoms with Gasteiger partial charge in [0, 0.05) is 31.9 Å². The number of nitrogens with two attached hydrogens (primary N) is 1. The number of nitro groups is 1. The van der Waals surface area contributed by atoms with Crippen LogP contribution in [0, 0.1) is 10.1 Å². The van der Waals surface area contributed by atoms with Crippen LogP contribution in [0.4, 0.5) is 17.1 Å². The second kappa shape index (κ2) is 6.13. The van der Waals surface area contributed by atoms with Gasteiger partial charge in [0.15, 0.2) is 0 Å². The van der Waals surface area contributed by atoms with Crippen molar-refractivity contribution >= 4 is 17.1 Å². The summed E-state index contributed by atoms with van der Waals surface area (Å²) in [5.41, 5.74) is 8.05. The smallest absolute Gasteiger partial charge is 0.271 e. The van der Waals surface area contributed by atoms with Crippen molar-refractivity contribution in [2.75, 3.05) is 24.7 Å². The van der Waals surface area contributed by atoms with Crippen molar-refractivity contribution in [3.05, 3.63) is 58.1 Å². The maximum Gasteiger partial charge on any atom is 0.271 e. The maximum absolute atomic E-state index is 10.6. The second-order valence-electron chi connectivity index (χ2n) is 4.83. The predicted octanol–water partition coefficient (Wildman–Crippen LogP) is 2.82. The highest BCUT2D eigenvalue weighted by atomic mass is 16.6. The predicted molar refractivity (Wildman–Crippen MR) is 82.6 cm³/mol. The van der Waals surface area contributed by atoms with Crippen molar-refractivity contribution in [2.45, 2.75) is 6.61 Å². The average Bonchev–Trinajstić information content (AvgIpc) is 2.46. The normalized spacial score (nSPS) is 10.2. The Balaban J connectivity index is 2.09. The van der Waals surface area contributed by atoms with Gasteiger partial charge in [0.2, 0.25) is 0 Å². The van der Waals surface area contributed by atoms with Crippen molar-refractivity contribution in [3.63, 3.8) is 0 Å². The fraction of sp³-hybridized carbons (Fsp3) is 0.200. The van der Waals surface area contributed by atoms with Gasteiger partial charge in [0.05, 0.1) is 10.6 Å². The van der Waals surface area contributed by atoms with Crippen LogP contribution in [0.5, 0.6) is 5.75 Å². The second-order valence-corrected chi connectivity index (χ2v) is 4.83. The van der Waals surface area contributed by atoms with Crippen LogP contribution in [0.2, 0.25) is 0 Å². The van der Waals surface area contributed by atoms with E-state index in [2.05, 4.69) is 0 Å². The zero-order chi connectivity index (χ0) is 15.4. The Morgan fingerprint density at radius 3 is 2.62 bits per heavy atom. The summed E-state index contributed by atoms with van der Waals surface area (Å²) in [4.78, 5) is 12.2. The highest BCUT2D eigenvalue weighted by molar-refractivity contribution is 5.58. The zero-order valence-electron chi connectivity index (χ0n) is 11.9. The molecular weight excluding hydrogens is 270 g/mol. The molecule has 0 bridgehead atoms. The zero-order valence-corrected chi connectivity index (χ0v) is 11.9. The first kappa shape index (κ1) is 14.6. The minimum atomic E-state index is -0.485. The molecule has 110 valence electrons. The first-order valence-corrected chi connectivity index (χ1v) is 6.40. The Hall–Kier alpha value is -2.76. The molecule has 21 heavy (non-hydrogen) atoms. The molecule has 0 saturated carbocycles. The van der Waals surface area contributed by atoms with E-state index in [1.165, 1.54) is 18.2 Å². The van der Waals surface area contributed by atoms with E-state index in [1.54, 1.807) is 0 Å². The van der Waals surface area contributed by atoms with Crippen molar-refractivity contribution in [2.24, 2.45) is 0 Å². The van der Waals surface area contributed by atoms with Crippen LogP contribution in [0.1, 0.15) is 5.56 Å². The van der Waals surface area contributed by atoms with Crippen molar-refractivity contribution in [1.29, 1.82) is 0 Å². The number of non-ortho nitro benzene ring substituents is 1. The maximum atomic E-state index is 10.6. The molecule has 2 N–H and O–H groups in total. The van der Waals surface area contributed by atoms with E-state index in [4.69, 9.17) is 10.5 Å². The lowest BCUT2D eigenvalue weighted by Gasteiger charge is -2.14. The summed E-state index contributed by atoms with van der Waals surface area (Å²) in [7, 11) is 3.93. The van der Waals surface area contributed by atoms with E-state index in [0.29, 0.717) is 12.4 Å². The van der Waals surface area contributed by atoms with Gasteiger partial charge < -0.3 is 15.4 Å². The monoisotopic (exact) mass is 287 g/mol. The number of nitrogen functional groups attached to an aromatic ring is 1. The van der Waals surface area contributed by atoms with E-state index in [1.807, 2.05) is 43.3 Å². The summed E-state index contributed by atoms with van der Waals surface area (Å²) in [6, 6.07) is 12.1. The average molecular weight is 287 g/mol. The summed E-state index contributed by atoms with van der Waals surface area (Å²) < 4.78 is 5.63. The molecule has 0 unspecified atom stereocenters. The summed E-state index contributed by atoms with van der Waals surface area (Å²) in [5, 5.41) is 10.6. The van der Waals surface area contributed by atoms with Gasteiger partial charge in [-0.05, 0) is 23.8 Å². The summed E-state index contributed by atoms with van der Waals surface area (Å²) >= 11 is 0. The summed E-state index contributed by atoms with van der Waals surface area (Å²) in [6.45, 7) is 0.351. The third kappa shape index (κ3) is 3.62. The molecule has 0 fully saturated rings. The Bertz CT molecular complexity index is 656. The molecular formula is C15H17N3O3. The Morgan fingerprint density at radius 1 is 1.24 bits per heavy atom. The number of hydrogen-bond acceptors (Lipinski definition) is 5. The molecule has 0 saturated heterocycles. The van der Waals surface area contributed by atoms with Gasteiger partial charge in [-0.3, -0.25) is 10.1 Å². The minimum absolute atomic E-state index is 0.0468. The number of rotatable bonds is 5. The van der Waals surface area contributed by atoms with Crippen molar-refractivity contribution < 1.29 is 9.66 Å². The van der Waals surface area contributed by atoms with Gasteiger partial charge in [0.1, 0.15) is 12.4 Å². The molecule has 2 rings (SSSR count). The third-order valence-electron chi connectivity index (χ3n) is 3.03. The Kier molecular flexibility index (Phi) is 4.27. The van der Waals surface area contributed by atoms with Crippen LogP contribution in [0.15, 0.2) is 42.5 Å². The minimum Gasteiger partial charge on any atom is -0.487 e. The Morgan fingerprint density at radius 2 is 2.00 bits per heavy atom. The van der Waals surface area contributed by atoms with E-state index < -0.39 is 4.92 Å². The molecule has 0 aliphatic carbocycles. The molecule has 0 aromatic heterocycles. The molecule has 2 aromatic rings. The lowest BCUT2D eigenvalue weighted by atomic mass is 10.2. The lowest BCUT2D eigenvalue weighted by Crippen LogP contribution is -2.09. The van der Waals surface area contributed by atoms with E-state index in [0.717, 1.165) is 11.3 Å². The van der Waals surface area contributed by atoms with Gasteiger partial charge in [-0.2, -0.15) is 0 Å². The van der Waals surface area contributed by atoms with Gasteiger partial charge >= 0.3 is 0 Å². The van der Waals surface area contributed by atoms with Gasteiger partial charge in [-0.1, -0.05) is 12.1 Å². The molecule has 6 nitrogen and oxygen atoms in total. The van der Waals surface area contributed by atoms with Crippen molar-refractivity contribution in [1.82, 2.24) is 0 Å². The van der Waals surface area contributed by atoms with E-state index in [9.17, 15) is 10.1 Å². The Labute approximate surface area is 122 Å². The SMILES string of the molecule is CN(C)c1cccc(COc2ccc([N+](=O)[O-])cc2N)c1. The topological polar surface area (TPSA) is 81.6 Å². The van der Waals surface area contributed by atoms with Crippen LogP contribution >= 0.6 is 0 Å². The molecule has 0 heterocycles. The van der Waals surface area contributed by atoms with Gasteiger partial charge in [-0.25, -0.2) is 0 Å². The lowest BCUT2D eigenvalue weighted by molar-refractivity contribution is -0.384.